The molecule has 1 aromatic carbocycles. The Labute approximate surface area is 196 Å². The zero-order chi connectivity index (χ0) is 23.7. The number of aromatic nitrogens is 5. The molecule has 5 rings (SSSR count). The van der Waals surface area contributed by atoms with Crippen LogP contribution in [0.3, 0.4) is 0 Å². The first-order valence-electron chi connectivity index (χ1n) is 11.2. The van der Waals surface area contributed by atoms with Crippen molar-refractivity contribution in [1.29, 1.82) is 5.26 Å². The monoisotopic (exact) mass is 464 g/mol. The molecule has 1 unspecified atom stereocenters. The van der Waals surface area contributed by atoms with Gasteiger partial charge in [-0.3, -0.25) is 9.80 Å². The number of nitriles is 1. The van der Waals surface area contributed by atoms with Crippen LogP contribution < -0.4 is 0 Å². The Morgan fingerprint density at radius 1 is 1.26 bits per heavy atom. The van der Waals surface area contributed by atoms with E-state index in [0.29, 0.717) is 31.1 Å². The Morgan fingerprint density at radius 2 is 2.15 bits per heavy atom. The molecule has 2 aromatic heterocycles. The van der Waals surface area contributed by atoms with Crippen molar-refractivity contribution in [3.63, 3.8) is 0 Å². The van der Waals surface area contributed by atoms with Crippen LogP contribution in [0.4, 0.5) is 4.39 Å². The van der Waals surface area contributed by atoms with Crippen LogP contribution in [0.25, 0.3) is 5.82 Å². The Kier molecular flexibility index (Phi) is 6.30. The van der Waals surface area contributed by atoms with E-state index in [2.05, 4.69) is 30.3 Å². The molecular formula is C23H25FN8O2. The molecule has 34 heavy (non-hydrogen) atoms. The number of nitrogens with zero attached hydrogens (tertiary/aromatic N) is 8. The highest BCUT2D eigenvalue weighted by molar-refractivity contribution is 5.44. The molecule has 0 bridgehead atoms. The SMILES string of the molecule is Cc1c([C@H]2CN3CCN(CC(O)c4ccc(-n5cnnn5)nc4)C[C@H]3CO2)ccc(F)c1C#N. The van der Waals surface area contributed by atoms with Crippen LogP contribution in [0.1, 0.15) is 34.5 Å². The van der Waals surface area contributed by atoms with E-state index in [0.717, 1.165) is 30.8 Å². The maximum atomic E-state index is 13.9. The molecular weight excluding hydrogens is 439 g/mol. The second-order valence-corrected chi connectivity index (χ2v) is 8.70. The number of hydrogen-bond donors (Lipinski definition) is 1. The van der Waals surface area contributed by atoms with Gasteiger partial charge in [0, 0.05) is 50.5 Å². The topological polar surface area (TPSA) is 116 Å². The molecule has 2 aliphatic heterocycles. The van der Waals surface area contributed by atoms with E-state index in [1.807, 2.05) is 12.1 Å². The number of piperazine rings is 1. The van der Waals surface area contributed by atoms with Crippen LogP contribution in [-0.2, 0) is 4.74 Å². The van der Waals surface area contributed by atoms with E-state index in [-0.39, 0.29) is 17.7 Å². The summed E-state index contributed by atoms with van der Waals surface area (Å²) < 4.78 is 21.5. The number of ether oxygens (including phenoxy) is 1. The lowest BCUT2D eigenvalue weighted by Gasteiger charge is -2.46. The van der Waals surface area contributed by atoms with Crippen LogP contribution in [0.5, 0.6) is 0 Å². The highest BCUT2D eigenvalue weighted by atomic mass is 19.1. The zero-order valence-electron chi connectivity index (χ0n) is 18.7. The van der Waals surface area contributed by atoms with Crippen LogP contribution in [0.2, 0.25) is 0 Å². The van der Waals surface area contributed by atoms with Gasteiger partial charge in [0.05, 0.1) is 24.4 Å². The van der Waals surface area contributed by atoms with Gasteiger partial charge in [0.2, 0.25) is 0 Å². The van der Waals surface area contributed by atoms with Crippen molar-refractivity contribution in [3.05, 3.63) is 64.9 Å². The van der Waals surface area contributed by atoms with Crippen molar-refractivity contribution in [2.24, 2.45) is 0 Å². The fraction of sp³-hybridized carbons (Fsp3) is 0.435. The van der Waals surface area contributed by atoms with Crippen LogP contribution in [-0.4, -0.2) is 85.5 Å². The second kappa shape index (κ2) is 9.52. The normalized spacial score (nSPS) is 22.2. The number of aliphatic hydroxyl groups excluding tert-OH is 1. The van der Waals surface area contributed by atoms with Crippen molar-refractivity contribution in [2.45, 2.75) is 25.2 Å². The van der Waals surface area contributed by atoms with E-state index >= 15 is 0 Å². The lowest BCUT2D eigenvalue weighted by Crippen LogP contribution is -2.58. The Hall–Kier alpha value is -3.30. The van der Waals surface area contributed by atoms with Gasteiger partial charge in [-0.15, -0.1) is 5.10 Å². The summed E-state index contributed by atoms with van der Waals surface area (Å²) >= 11 is 0. The molecule has 0 saturated carbocycles. The number of fused-ring (bicyclic) bond motifs is 1. The molecule has 0 aliphatic carbocycles. The third-order valence-corrected chi connectivity index (χ3v) is 6.66. The number of tetrazole rings is 1. The van der Waals surface area contributed by atoms with Crippen molar-refractivity contribution in [3.8, 4) is 11.9 Å². The average Bonchev–Trinajstić information content (AvgIpc) is 3.39. The summed E-state index contributed by atoms with van der Waals surface area (Å²) in [6, 6.07) is 8.85. The summed E-state index contributed by atoms with van der Waals surface area (Å²) in [6.07, 6.45) is 2.26. The van der Waals surface area contributed by atoms with Crippen LogP contribution >= 0.6 is 0 Å². The fourth-order valence-electron chi connectivity index (χ4n) is 4.73. The molecule has 4 heterocycles. The molecule has 0 spiro atoms. The molecule has 1 N–H and O–H groups in total. The number of rotatable bonds is 5. The molecule has 2 aliphatic rings. The van der Waals surface area contributed by atoms with Gasteiger partial charge in [0.15, 0.2) is 5.82 Å². The summed E-state index contributed by atoms with van der Waals surface area (Å²) in [5, 5.41) is 31.0. The van der Waals surface area contributed by atoms with Gasteiger partial charge in [-0.1, -0.05) is 12.1 Å². The molecule has 176 valence electrons. The van der Waals surface area contributed by atoms with Gasteiger partial charge in [-0.25, -0.2) is 9.37 Å². The van der Waals surface area contributed by atoms with E-state index in [1.165, 1.54) is 17.1 Å². The quantitative estimate of drug-likeness (QED) is 0.594. The predicted octanol–water partition coefficient (Wildman–Crippen LogP) is 1.17. The van der Waals surface area contributed by atoms with Crippen molar-refractivity contribution < 1.29 is 14.2 Å². The number of morpholine rings is 1. The van der Waals surface area contributed by atoms with Gasteiger partial charge in [0.25, 0.3) is 0 Å². The summed E-state index contributed by atoms with van der Waals surface area (Å²) in [5.74, 6) is 0.0894. The van der Waals surface area contributed by atoms with Gasteiger partial charge in [-0.2, -0.15) is 9.94 Å². The number of pyridine rings is 1. The molecule has 0 radical (unpaired) electrons. The molecule has 10 nitrogen and oxygen atoms in total. The first-order valence-corrected chi connectivity index (χ1v) is 11.2. The van der Waals surface area contributed by atoms with Crippen LogP contribution in [0.15, 0.2) is 36.8 Å². The van der Waals surface area contributed by atoms with Crippen LogP contribution in [0, 0.1) is 24.1 Å². The molecule has 3 aromatic rings. The van der Waals surface area contributed by atoms with Gasteiger partial charge in [0.1, 0.15) is 18.2 Å². The van der Waals surface area contributed by atoms with E-state index in [1.54, 1.807) is 25.3 Å². The summed E-state index contributed by atoms with van der Waals surface area (Å²) in [6.45, 7) is 5.96. The smallest absolute Gasteiger partial charge is 0.156 e. The van der Waals surface area contributed by atoms with Crippen molar-refractivity contribution in [2.75, 3.05) is 39.3 Å². The van der Waals surface area contributed by atoms with Gasteiger partial charge >= 0.3 is 0 Å². The third-order valence-electron chi connectivity index (χ3n) is 6.66. The minimum atomic E-state index is -0.662. The highest BCUT2D eigenvalue weighted by Crippen LogP contribution is 2.31. The lowest BCUT2D eigenvalue weighted by atomic mass is 9.96. The summed E-state index contributed by atoms with van der Waals surface area (Å²) in [7, 11) is 0. The van der Waals surface area contributed by atoms with Gasteiger partial charge in [-0.05, 0) is 40.6 Å². The van der Waals surface area contributed by atoms with E-state index < -0.39 is 11.9 Å². The maximum Gasteiger partial charge on any atom is 0.156 e. The first-order chi connectivity index (χ1) is 16.5. The highest BCUT2D eigenvalue weighted by Gasteiger charge is 2.35. The first kappa shape index (κ1) is 22.5. The average molecular weight is 465 g/mol. The molecule has 11 heteroatoms. The lowest BCUT2D eigenvalue weighted by molar-refractivity contribution is -0.0939. The summed E-state index contributed by atoms with van der Waals surface area (Å²) in [4.78, 5) is 8.95. The number of β-amino-alcohol motifs (C(OH)–C–C–N with tert-alkyl or cyclic N) is 1. The summed E-state index contributed by atoms with van der Waals surface area (Å²) in [5.41, 5.74) is 2.33. The number of halogens is 1. The molecule has 3 atom stereocenters. The number of hydrogen-bond acceptors (Lipinski definition) is 9. The van der Waals surface area contributed by atoms with Gasteiger partial charge < -0.3 is 9.84 Å². The van der Waals surface area contributed by atoms with Crippen molar-refractivity contribution in [1.82, 2.24) is 35.0 Å². The zero-order valence-corrected chi connectivity index (χ0v) is 18.7. The Morgan fingerprint density at radius 3 is 2.88 bits per heavy atom. The molecule has 2 fully saturated rings. The Bertz CT molecular complexity index is 1180. The minimum Gasteiger partial charge on any atom is -0.387 e. The molecule has 2 saturated heterocycles. The van der Waals surface area contributed by atoms with Crippen molar-refractivity contribution >= 4 is 0 Å². The number of aliphatic hydroxyl groups is 1. The standard InChI is InChI=1S/C23H25FN8O2/c1-15-18(3-4-20(24)19(15)8-25)22-12-31-7-6-30(10-17(31)13-34-22)11-21(33)16-2-5-23(26-9-16)32-14-27-28-29-32/h2-5,9,14,17,21-22,33H,6-7,10-13H2,1H3/t17-,21?,22+/m0/s1. The predicted molar refractivity (Wildman–Crippen MR) is 118 cm³/mol. The fourth-order valence-corrected chi connectivity index (χ4v) is 4.73. The Balaban J connectivity index is 1.18. The van der Waals surface area contributed by atoms with E-state index in [4.69, 9.17) is 4.74 Å². The third kappa shape index (κ3) is 4.41. The molecule has 0 amide bonds. The second-order valence-electron chi connectivity index (χ2n) is 8.70. The maximum absolute atomic E-state index is 13.9. The minimum absolute atomic E-state index is 0.0857. The van der Waals surface area contributed by atoms with E-state index in [9.17, 15) is 14.8 Å². The number of benzene rings is 1. The largest absolute Gasteiger partial charge is 0.387 e.